The van der Waals surface area contributed by atoms with Crippen LogP contribution in [0.5, 0.6) is 0 Å². The van der Waals surface area contributed by atoms with Gasteiger partial charge in [0.1, 0.15) is 5.01 Å². The van der Waals surface area contributed by atoms with E-state index in [4.69, 9.17) is 0 Å². The lowest BCUT2D eigenvalue weighted by molar-refractivity contribution is 0.104. The maximum Gasteiger partial charge on any atom is 0.110 e. The summed E-state index contributed by atoms with van der Waals surface area (Å²) in [6.45, 7) is 14.6. The molecule has 0 aromatic carbocycles. The maximum absolute atomic E-state index is 4.63. The van der Waals surface area contributed by atoms with Crippen molar-refractivity contribution >= 4 is 11.3 Å². The van der Waals surface area contributed by atoms with Crippen molar-refractivity contribution in [1.82, 2.24) is 15.2 Å². The van der Waals surface area contributed by atoms with Gasteiger partial charge in [-0.15, -0.1) is 11.3 Å². The van der Waals surface area contributed by atoms with Crippen molar-refractivity contribution in [2.24, 2.45) is 5.41 Å². The molecule has 1 aliphatic rings. The molecule has 1 fully saturated rings. The summed E-state index contributed by atoms with van der Waals surface area (Å²) in [7, 11) is 0. The molecule has 1 aromatic heterocycles. The third-order valence-corrected chi connectivity index (χ3v) is 4.93. The van der Waals surface area contributed by atoms with Crippen LogP contribution in [0.2, 0.25) is 0 Å². The quantitative estimate of drug-likeness (QED) is 0.893. The van der Waals surface area contributed by atoms with Crippen molar-refractivity contribution in [2.45, 2.75) is 46.7 Å². The summed E-state index contributed by atoms with van der Waals surface area (Å²) in [6.07, 6.45) is 0. The molecule has 2 heterocycles. The molecule has 1 aromatic rings. The summed E-state index contributed by atoms with van der Waals surface area (Å²) >= 11 is 1.79. The van der Waals surface area contributed by atoms with E-state index in [-0.39, 0.29) is 0 Å². The van der Waals surface area contributed by atoms with Gasteiger partial charge in [-0.2, -0.15) is 0 Å². The molecule has 0 bridgehead atoms. The molecule has 18 heavy (non-hydrogen) atoms. The first-order valence-corrected chi connectivity index (χ1v) is 7.65. The van der Waals surface area contributed by atoms with Gasteiger partial charge in [-0.3, -0.25) is 4.90 Å². The number of aromatic nitrogens is 1. The summed E-state index contributed by atoms with van der Waals surface area (Å²) in [5.74, 6) is 0. The van der Waals surface area contributed by atoms with Gasteiger partial charge in [-0.05, 0) is 19.3 Å². The Morgan fingerprint density at radius 2 is 2.22 bits per heavy atom. The first kappa shape index (κ1) is 14.0. The van der Waals surface area contributed by atoms with Crippen LogP contribution in [0.25, 0.3) is 0 Å². The minimum atomic E-state index is 0.317. The Morgan fingerprint density at radius 1 is 1.50 bits per heavy atom. The van der Waals surface area contributed by atoms with E-state index in [0.29, 0.717) is 17.5 Å². The lowest BCUT2D eigenvalue weighted by Gasteiger charge is -2.42. The van der Waals surface area contributed by atoms with Gasteiger partial charge in [-0.1, -0.05) is 20.8 Å². The fourth-order valence-electron chi connectivity index (χ4n) is 2.42. The highest BCUT2D eigenvalue weighted by molar-refractivity contribution is 7.09. The fraction of sp³-hybridized carbons (Fsp3) is 0.786. The molecule has 0 radical (unpaired) electrons. The number of thiazole rings is 1. The lowest BCUT2D eigenvalue weighted by Crippen LogP contribution is -2.56. The second-order valence-corrected chi connectivity index (χ2v) is 7.26. The third kappa shape index (κ3) is 3.11. The smallest absolute Gasteiger partial charge is 0.110 e. The van der Waals surface area contributed by atoms with Gasteiger partial charge in [-0.25, -0.2) is 4.98 Å². The van der Waals surface area contributed by atoms with Crippen LogP contribution in [0.3, 0.4) is 0 Å². The van der Waals surface area contributed by atoms with Crippen molar-refractivity contribution in [3.05, 3.63) is 16.1 Å². The van der Waals surface area contributed by atoms with E-state index in [1.165, 1.54) is 5.01 Å². The maximum atomic E-state index is 4.63. The SMILES string of the molecule is Cc1csc(C(C)N2CCNC(C(C)(C)C)C2)n1. The molecule has 4 heteroatoms. The standard InChI is InChI=1S/C14H25N3S/c1-10-9-18-13(16-10)11(2)17-7-6-15-12(8-17)14(3,4)5/h9,11-12,15H,6-8H2,1-5H3. The Hall–Kier alpha value is -0.450. The first-order valence-electron chi connectivity index (χ1n) is 6.77. The van der Waals surface area contributed by atoms with Crippen LogP contribution in [0, 0.1) is 12.3 Å². The third-order valence-electron chi connectivity index (χ3n) is 3.79. The second kappa shape index (κ2) is 5.27. The number of rotatable bonds is 2. The summed E-state index contributed by atoms with van der Waals surface area (Å²) in [4.78, 5) is 7.19. The molecule has 1 N–H and O–H groups in total. The number of aryl methyl sites for hydroxylation is 1. The van der Waals surface area contributed by atoms with Crippen LogP contribution < -0.4 is 5.32 Å². The number of nitrogens with one attached hydrogen (secondary N) is 1. The highest BCUT2D eigenvalue weighted by Crippen LogP contribution is 2.28. The van der Waals surface area contributed by atoms with Gasteiger partial charge in [0.05, 0.1) is 6.04 Å². The van der Waals surface area contributed by atoms with Gasteiger partial charge in [0.2, 0.25) is 0 Å². The van der Waals surface area contributed by atoms with Gasteiger partial charge < -0.3 is 5.32 Å². The summed E-state index contributed by atoms with van der Waals surface area (Å²) < 4.78 is 0. The Kier molecular flexibility index (Phi) is 4.09. The molecule has 2 atom stereocenters. The van der Waals surface area contributed by atoms with E-state index in [0.717, 1.165) is 25.3 Å². The largest absolute Gasteiger partial charge is 0.311 e. The molecule has 2 rings (SSSR count). The molecule has 0 amide bonds. The van der Waals surface area contributed by atoms with Gasteiger partial charge in [0.15, 0.2) is 0 Å². The van der Waals surface area contributed by atoms with Gasteiger partial charge in [0.25, 0.3) is 0 Å². The minimum absolute atomic E-state index is 0.317. The zero-order valence-corrected chi connectivity index (χ0v) is 13.0. The molecule has 2 unspecified atom stereocenters. The summed E-state index contributed by atoms with van der Waals surface area (Å²) in [5.41, 5.74) is 1.46. The van der Waals surface area contributed by atoms with E-state index in [1.54, 1.807) is 11.3 Å². The monoisotopic (exact) mass is 267 g/mol. The summed E-state index contributed by atoms with van der Waals surface area (Å²) in [6, 6.07) is 1.01. The van der Waals surface area contributed by atoms with E-state index in [1.807, 2.05) is 0 Å². The highest BCUT2D eigenvalue weighted by Gasteiger charge is 2.31. The number of nitrogens with zero attached hydrogens (tertiary/aromatic N) is 2. The zero-order valence-electron chi connectivity index (χ0n) is 12.2. The summed E-state index contributed by atoms with van der Waals surface area (Å²) in [5, 5.41) is 7.04. The van der Waals surface area contributed by atoms with Crippen molar-refractivity contribution in [3.63, 3.8) is 0 Å². The Balaban J connectivity index is 2.05. The normalized spacial score (nSPS) is 24.2. The number of piperazine rings is 1. The predicted molar refractivity (Wildman–Crippen MR) is 78.1 cm³/mol. The van der Waals surface area contributed by atoms with E-state index >= 15 is 0 Å². The molecular weight excluding hydrogens is 242 g/mol. The lowest BCUT2D eigenvalue weighted by atomic mass is 9.85. The van der Waals surface area contributed by atoms with Crippen molar-refractivity contribution in [3.8, 4) is 0 Å². The van der Waals surface area contributed by atoms with Crippen LogP contribution in [-0.4, -0.2) is 35.6 Å². The van der Waals surface area contributed by atoms with Crippen molar-refractivity contribution in [1.29, 1.82) is 0 Å². The molecule has 1 saturated heterocycles. The predicted octanol–water partition coefficient (Wildman–Crippen LogP) is 2.83. The van der Waals surface area contributed by atoms with Crippen molar-refractivity contribution < 1.29 is 0 Å². The highest BCUT2D eigenvalue weighted by atomic mass is 32.1. The van der Waals surface area contributed by atoms with E-state index in [9.17, 15) is 0 Å². The Morgan fingerprint density at radius 3 is 2.78 bits per heavy atom. The zero-order chi connectivity index (χ0) is 13.3. The molecular formula is C14H25N3S. The van der Waals surface area contributed by atoms with Crippen LogP contribution in [0.15, 0.2) is 5.38 Å². The molecule has 102 valence electrons. The second-order valence-electron chi connectivity index (χ2n) is 6.37. The van der Waals surface area contributed by atoms with Gasteiger partial charge in [0, 0.05) is 36.8 Å². The van der Waals surface area contributed by atoms with Crippen LogP contribution >= 0.6 is 11.3 Å². The average molecular weight is 267 g/mol. The Bertz CT molecular complexity index is 394. The fourth-order valence-corrected chi connectivity index (χ4v) is 3.31. The molecule has 0 aliphatic carbocycles. The number of hydrogen-bond donors (Lipinski definition) is 1. The number of hydrogen-bond acceptors (Lipinski definition) is 4. The first-order chi connectivity index (χ1) is 8.38. The van der Waals surface area contributed by atoms with E-state index in [2.05, 4.69) is 55.2 Å². The van der Waals surface area contributed by atoms with Crippen LogP contribution in [-0.2, 0) is 0 Å². The molecule has 0 saturated carbocycles. The average Bonchev–Trinajstić information content (AvgIpc) is 2.74. The Labute approximate surface area is 115 Å². The minimum Gasteiger partial charge on any atom is -0.311 e. The molecule has 3 nitrogen and oxygen atoms in total. The molecule has 1 aliphatic heterocycles. The van der Waals surface area contributed by atoms with Gasteiger partial charge >= 0.3 is 0 Å². The van der Waals surface area contributed by atoms with Crippen LogP contribution in [0.1, 0.15) is 44.4 Å². The van der Waals surface area contributed by atoms with Crippen LogP contribution in [0.4, 0.5) is 0 Å². The van der Waals surface area contributed by atoms with Crippen molar-refractivity contribution in [2.75, 3.05) is 19.6 Å². The topological polar surface area (TPSA) is 28.2 Å². The van der Waals surface area contributed by atoms with E-state index < -0.39 is 0 Å². The molecule has 0 spiro atoms.